The molecule has 0 bridgehead atoms. The highest BCUT2D eigenvalue weighted by atomic mass is 15.1. The van der Waals surface area contributed by atoms with Gasteiger partial charge in [0.25, 0.3) is 0 Å². The van der Waals surface area contributed by atoms with Crippen LogP contribution in [-0.4, -0.2) is 19.5 Å². The average Bonchev–Trinajstić information content (AvgIpc) is 2.65. The molecular formula is C11H14N4. The van der Waals surface area contributed by atoms with Gasteiger partial charge in [0.05, 0.1) is 0 Å². The molecule has 0 aromatic carbocycles. The molecule has 2 aromatic rings. The van der Waals surface area contributed by atoms with Gasteiger partial charge in [0, 0.05) is 24.2 Å². The maximum atomic E-state index is 4.24. The fourth-order valence-corrected chi connectivity index (χ4v) is 1.53. The molecule has 2 heterocycles. The molecular weight excluding hydrogens is 188 g/mol. The second-order valence-corrected chi connectivity index (χ2v) is 3.46. The Morgan fingerprint density at radius 2 is 2.13 bits per heavy atom. The van der Waals surface area contributed by atoms with Gasteiger partial charge < -0.3 is 0 Å². The second kappa shape index (κ2) is 4.21. The predicted molar refractivity (Wildman–Crippen MR) is 57.9 cm³/mol. The number of aryl methyl sites for hydroxylation is 2. The van der Waals surface area contributed by atoms with Crippen LogP contribution in [-0.2, 0) is 6.42 Å². The van der Waals surface area contributed by atoms with Crippen molar-refractivity contribution in [1.29, 1.82) is 0 Å². The summed E-state index contributed by atoms with van der Waals surface area (Å²) < 4.78 is 1.96. The second-order valence-electron chi connectivity index (χ2n) is 3.46. The third-order valence-electron chi connectivity index (χ3n) is 2.29. The van der Waals surface area contributed by atoms with E-state index in [1.807, 2.05) is 23.8 Å². The lowest BCUT2D eigenvalue weighted by Crippen LogP contribution is -2.01. The lowest BCUT2D eigenvalue weighted by atomic mass is 10.2. The standard InChI is InChI=1S/C11H14N4/c1-3-4-10-7-11(14-8-13-10)15-6-5-12-9(15)2/h5-8H,3-4H2,1-2H3. The summed E-state index contributed by atoms with van der Waals surface area (Å²) >= 11 is 0. The largest absolute Gasteiger partial charge is 0.288 e. The van der Waals surface area contributed by atoms with Crippen LogP contribution in [0, 0.1) is 6.92 Å². The van der Waals surface area contributed by atoms with Gasteiger partial charge in [-0.05, 0) is 13.3 Å². The van der Waals surface area contributed by atoms with Gasteiger partial charge in [0.1, 0.15) is 18.0 Å². The van der Waals surface area contributed by atoms with E-state index in [1.165, 1.54) is 0 Å². The summed E-state index contributed by atoms with van der Waals surface area (Å²) in [5, 5.41) is 0. The monoisotopic (exact) mass is 202 g/mol. The van der Waals surface area contributed by atoms with E-state index < -0.39 is 0 Å². The summed E-state index contributed by atoms with van der Waals surface area (Å²) in [6, 6.07) is 2.01. The SMILES string of the molecule is CCCc1cc(-n2ccnc2C)ncn1. The molecule has 0 spiro atoms. The Morgan fingerprint density at radius 3 is 2.80 bits per heavy atom. The molecule has 2 aromatic heterocycles. The fourth-order valence-electron chi connectivity index (χ4n) is 1.53. The van der Waals surface area contributed by atoms with Crippen molar-refractivity contribution >= 4 is 0 Å². The summed E-state index contributed by atoms with van der Waals surface area (Å²) in [4.78, 5) is 12.6. The van der Waals surface area contributed by atoms with Crippen LogP contribution in [0.1, 0.15) is 24.9 Å². The number of imidazole rings is 1. The zero-order valence-corrected chi connectivity index (χ0v) is 9.01. The van der Waals surface area contributed by atoms with E-state index in [1.54, 1.807) is 12.5 Å². The van der Waals surface area contributed by atoms with Gasteiger partial charge in [0.15, 0.2) is 0 Å². The Balaban J connectivity index is 2.37. The van der Waals surface area contributed by atoms with Crippen molar-refractivity contribution in [1.82, 2.24) is 19.5 Å². The van der Waals surface area contributed by atoms with Crippen LogP contribution in [0.25, 0.3) is 5.82 Å². The molecule has 0 saturated carbocycles. The molecule has 0 unspecified atom stereocenters. The van der Waals surface area contributed by atoms with Crippen LogP contribution in [0.15, 0.2) is 24.8 Å². The van der Waals surface area contributed by atoms with Crippen LogP contribution >= 0.6 is 0 Å². The first kappa shape index (κ1) is 9.83. The molecule has 4 heteroatoms. The normalized spacial score (nSPS) is 10.5. The quantitative estimate of drug-likeness (QED) is 0.763. The van der Waals surface area contributed by atoms with Gasteiger partial charge in [-0.1, -0.05) is 13.3 Å². The average molecular weight is 202 g/mol. The van der Waals surface area contributed by atoms with Gasteiger partial charge in [-0.2, -0.15) is 0 Å². The van der Waals surface area contributed by atoms with E-state index in [2.05, 4.69) is 21.9 Å². The van der Waals surface area contributed by atoms with Gasteiger partial charge in [0.2, 0.25) is 0 Å². The molecule has 0 amide bonds. The van der Waals surface area contributed by atoms with Crippen LogP contribution in [0.2, 0.25) is 0 Å². The summed E-state index contributed by atoms with van der Waals surface area (Å²) in [5.74, 6) is 1.83. The van der Waals surface area contributed by atoms with Gasteiger partial charge >= 0.3 is 0 Å². The Hall–Kier alpha value is -1.71. The van der Waals surface area contributed by atoms with Crippen molar-refractivity contribution in [3.05, 3.63) is 36.3 Å². The molecule has 0 fully saturated rings. The molecule has 0 aliphatic carbocycles. The van der Waals surface area contributed by atoms with E-state index in [0.29, 0.717) is 0 Å². The molecule has 4 nitrogen and oxygen atoms in total. The highest BCUT2D eigenvalue weighted by Gasteiger charge is 2.02. The number of rotatable bonds is 3. The number of hydrogen-bond acceptors (Lipinski definition) is 3. The van der Waals surface area contributed by atoms with Crippen molar-refractivity contribution in [2.24, 2.45) is 0 Å². The van der Waals surface area contributed by atoms with Gasteiger partial charge in [-0.15, -0.1) is 0 Å². The van der Waals surface area contributed by atoms with Crippen molar-refractivity contribution < 1.29 is 0 Å². The van der Waals surface area contributed by atoms with Crippen LogP contribution in [0.5, 0.6) is 0 Å². The topological polar surface area (TPSA) is 43.6 Å². The van der Waals surface area contributed by atoms with Crippen LogP contribution in [0.4, 0.5) is 0 Å². The van der Waals surface area contributed by atoms with Crippen LogP contribution in [0.3, 0.4) is 0 Å². The van der Waals surface area contributed by atoms with E-state index in [0.717, 1.165) is 30.2 Å². The molecule has 0 N–H and O–H groups in total. The minimum Gasteiger partial charge on any atom is -0.288 e. The smallest absolute Gasteiger partial charge is 0.141 e. The number of hydrogen-bond donors (Lipinski definition) is 0. The van der Waals surface area contributed by atoms with Crippen molar-refractivity contribution in [3.63, 3.8) is 0 Å². The number of aromatic nitrogens is 4. The summed E-state index contributed by atoms with van der Waals surface area (Å²) in [5.41, 5.74) is 1.08. The molecule has 0 radical (unpaired) electrons. The molecule has 0 aliphatic heterocycles. The Bertz CT molecular complexity index is 447. The minimum atomic E-state index is 0.892. The molecule has 2 rings (SSSR count). The highest BCUT2D eigenvalue weighted by molar-refractivity contribution is 5.25. The lowest BCUT2D eigenvalue weighted by molar-refractivity contribution is 0.849. The maximum Gasteiger partial charge on any atom is 0.141 e. The van der Waals surface area contributed by atoms with E-state index in [-0.39, 0.29) is 0 Å². The van der Waals surface area contributed by atoms with Gasteiger partial charge in [-0.3, -0.25) is 4.57 Å². The van der Waals surface area contributed by atoms with Gasteiger partial charge in [-0.25, -0.2) is 15.0 Å². The first-order valence-electron chi connectivity index (χ1n) is 5.12. The first-order valence-corrected chi connectivity index (χ1v) is 5.12. The Kier molecular flexibility index (Phi) is 2.76. The van der Waals surface area contributed by atoms with E-state index in [9.17, 15) is 0 Å². The summed E-state index contributed by atoms with van der Waals surface area (Å²) in [6.45, 7) is 4.10. The Labute approximate surface area is 89.0 Å². The van der Waals surface area contributed by atoms with E-state index in [4.69, 9.17) is 0 Å². The lowest BCUT2D eigenvalue weighted by Gasteiger charge is -2.04. The number of nitrogens with zero attached hydrogens (tertiary/aromatic N) is 4. The molecule has 15 heavy (non-hydrogen) atoms. The molecule has 0 atom stereocenters. The third-order valence-corrected chi connectivity index (χ3v) is 2.29. The zero-order valence-electron chi connectivity index (χ0n) is 9.01. The fraction of sp³-hybridized carbons (Fsp3) is 0.364. The zero-order chi connectivity index (χ0) is 10.7. The molecule has 78 valence electrons. The van der Waals surface area contributed by atoms with Crippen molar-refractivity contribution in [2.45, 2.75) is 26.7 Å². The summed E-state index contributed by atoms with van der Waals surface area (Å²) in [6.07, 6.45) is 7.38. The first-order chi connectivity index (χ1) is 7.31. The molecule has 0 saturated heterocycles. The van der Waals surface area contributed by atoms with Crippen molar-refractivity contribution in [3.8, 4) is 5.82 Å². The van der Waals surface area contributed by atoms with Crippen molar-refractivity contribution in [2.75, 3.05) is 0 Å². The maximum absolute atomic E-state index is 4.24. The third kappa shape index (κ3) is 2.03. The predicted octanol–water partition coefficient (Wildman–Crippen LogP) is 1.92. The summed E-state index contributed by atoms with van der Waals surface area (Å²) in [7, 11) is 0. The van der Waals surface area contributed by atoms with Crippen LogP contribution < -0.4 is 0 Å². The van der Waals surface area contributed by atoms with E-state index >= 15 is 0 Å². The minimum absolute atomic E-state index is 0.892. The highest BCUT2D eigenvalue weighted by Crippen LogP contribution is 2.08. The molecule has 0 aliphatic rings. The Morgan fingerprint density at radius 1 is 1.27 bits per heavy atom.